The van der Waals surface area contributed by atoms with Gasteiger partial charge in [-0.2, -0.15) is 0 Å². The van der Waals surface area contributed by atoms with Gasteiger partial charge in [0.1, 0.15) is 0 Å². The molecule has 4 heavy (non-hydrogen) atoms. The van der Waals surface area contributed by atoms with Crippen LogP contribution in [0.5, 0.6) is 0 Å². The second kappa shape index (κ2) is 22.4. The summed E-state index contributed by atoms with van der Waals surface area (Å²) in [5.74, 6) is 0. The zero-order valence-electron chi connectivity index (χ0n) is 0.908. The van der Waals surface area contributed by atoms with Crippen molar-refractivity contribution in [1.29, 1.82) is 0 Å². The fraction of sp³-hybridized carbons (Fsp3) is 0. The first kappa shape index (κ1) is 44.0. The van der Waals surface area contributed by atoms with Crippen molar-refractivity contribution in [3.8, 4) is 0 Å². The Morgan fingerprint density at radius 3 is 1.00 bits per heavy atom. The van der Waals surface area contributed by atoms with Crippen LogP contribution in [0, 0.1) is 0 Å². The van der Waals surface area contributed by atoms with Crippen LogP contribution >= 0.6 is 0 Å². The predicted molar refractivity (Wildman–Crippen MR) is 24.6 cm³/mol. The van der Waals surface area contributed by atoms with Crippen molar-refractivity contribution >= 4 is 55.1 Å². The van der Waals surface area contributed by atoms with Crippen molar-refractivity contribution < 1.29 is 10.2 Å². The Bertz CT molecular complexity index is 8.00. The number of rotatable bonds is 0. The third kappa shape index (κ3) is 9.36. The molecule has 0 aliphatic heterocycles. The Hall–Kier alpha value is 1.68. The number of hydrogen-bond donors (Lipinski definition) is 0. The van der Waals surface area contributed by atoms with Gasteiger partial charge in [-0.15, -0.1) is 0 Å². The summed E-state index contributed by atoms with van der Waals surface area (Å²) in [4.78, 5) is 0. The third-order valence-corrected chi connectivity index (χ3v) is 0. The molecule has 0 aromatic carbocycles. The van der Waals surface area contributed by atoms with E-state index in [1.807, 2.05) is 0 Å². The second-order valence-corrected chi connectivity index (χ2v) is 0. The summed E-state index contributed by atoms with van der Waals surface area (Å²) in [7, 11) is 0. The first-order chi connectivity index (χ1) is 0. The van der Waals surface area contributed by atoms with Gasteiger partial charge in [0.15, 0.2) is 17.4 Å². The average Bonchev–Trinajstić information content (AvgIpc) is 0. The summed E-state index contributed by atoms with van der Waals surface area (Å²) >= 11 is 0. The standard InChI is InChI=1S/Al.Ca.FH.H2O.5H/h;;1H;1H2;;;;;. The number of hydrogen-bond acceptors (Lipinski definition) is 0. The second-order valence-electron chi connectivity index (χ2n) is 0. The topological polar surface area (TPSA) is 31.5 Å². The molecule has 0 atom stereocenters. The van der Waals surface area contributed by atoms with Gasteiger partial charge in [0.25, 0.3) is 0 Å². The fourth-order valence-corrected chi connectivity index (χ4v) is 0. The molecule has 0 unspecified atom stereocenters. The van der Waals surface area contributed by atoms with Crippen LogP contribution < -0.4 is 0 Å². The van der Waals surface area contributed by atoms with E-state index in [9.17, 15) is 0 Å². The normalized spacial score (nSPS) is 0. The molecule has 0 rings (SSSR count). The van der Waals surface area contributed by atoms with Crippen LogP contribution in [0.3, 0.4) is 0 Å². The monoisotopic (exact) mass is 110 g/mol. The fourth-order valence-electron chi connectivity index (χ4n) is 0. The molecule has 0 aromatic heterocycles. The molecular formula is H8AlCaFO. The van der Waals surface area contributed by atoms with Crippen molar-refractivity contribution in [2.24, 2.45) is 0 Å². The molecule has 1 nitrogen and oxygen atoms in total. The quantitative estimate of drug-likeness (QED) is 0.302. The van der Waals surface area contributed by atoms with Crippen LogP contribution in [0.2, 0.25) is 0 Å². The van der Waals surface area contributed by atoms with Gasteiger partial charge in [0, 0.05) is 0 Å². The van der Waals surface area contributed by atoms with Gasteiger partial charge in [0.2, 0.25) is 0 Å². The zero-order valence-corrected chi connectivity index (χ0v) is 0.908. The Labute approximate surface area is 64.6 Å². The molecule has 4 heteroatoms. The summed E-state index contributed by atoms with van der Waals surface area (Å²) in [5, 5.41) is 0. The Morgan fingerprint density at radius 1 is 1.00 bits per heavy atom. The molecule has 0 aliphatic carbocycles. The van der Waals surface area contributed by atoms with Crippen LogP contribution in [0.1, 0.15) is 0 Å². The van der Waals surface area contributed by atoms with E-state index >= 15 is 0 Å². The summed E-state index contributed by atoms with van der Waals surface area (Å²) in [6, 6.07) is 0. The first-order valence-electron chi connectivity index (χ1n) is 0. The van der Waals surface area contributed by atoms with E-state index < -0.39 is 0 Å². The maximum atomic E-state index is 0. The van der Waals surface area contributed by atoms with Crippen molar-refractivity contribution in [1.82, 2.24) is 0 Å². The minimum absolute atomic E-state index is 0. The molecule has 0 fully saturated rings. The molecule has 0 bridgehead atoms. The van der Waals surface area contributed by atoms with E-state index in [1.165, 1.54) is 0 Å². The summed E-state index contributed by atoms with van der Waals surface area (Å²) < 4.78 is 0. The molecule has 0 spiro atoms. The number of halogens is 1. The molecule has 0 saturated carbocycles. The van der Waals surface area contributed by atoms with Crippen LogP contribution in [-0.4, -0.2) is 60.6 Å². The SMILES string of the molecule is F.O.[AlH3].[CaH2]. The maximum absolute atomic E-state index is 0. The van der Waals surface area contributed by atoms with Crippen LogP contribution in [0.15, 0.2) is 0 Å². The third-order valence-electron chi connectivity index (χ3n) is 0. The van der Waals surface area contributed by atoms with Crippen LogP contribution in [0.4, 0.5) is 4.70 Å². The molecule has 0 heterocycles. The predicted octanol–water partition coefficient (Wildman–Crippen LogP) is -2.77. The van der Waals surface area contributed by atoms with Gasteiger partial charge < -0.3 is 5.48 Å². The van der Waals surface area contributed by atoms with Crippen molar-refractivity contribution in [3.05, 3.63) is 0 Å². The summed E-state index contributed by atoms with van der Waals surface area (Å²) in [6.07, 6.45) is 0. The van der Waals surface area contributed by atoms with E-state index in [-0.39, 0.29) is 65.3 Å². The van der Waals surface area contributed by atoms with Crippen molar-refractivity contribution in [2.75, 3.05) is 0 Å². The summed E-state index contributed by atoms with van der Waals surface area (Å²) in [6.45, 7) is 0. The Balaban J connectivity index is 0. The van der Waals surface area contributed by atoms with Crippen molar-refractivity contribution in [3.63, 3.8) is 0 Å². The van der Waals surface area contributed by atoms with E-state index in [1.54, 1.807) is 0 Å². The Morgan fingerprint density at radius 2 is 1.00 bits per heavy atom. The molecule has 2 N–H and O–H groups in total. The molecule has 0 aromatic rings. The van der Waals surface area contributed by atoms with Gasteiger partial charge >= 0.3 is 37.7 Å². The molecule has 26 valence electrons. The molecular weight excluding hydrogens is 102 g/mol. The Kier molecular flexibility index (Phi) is 247. The van der Waals surface area contributed by atoms with Gasteiger partial charge in [-0.05, 0) is 0 Å². The van der Waals surface area contributed by atoms with Crippen molar-refractivity contribution in [2.45, 2.75) is 0 Å². The average molecular weight is 110 g/mol. The van der Waals surface area contributed by atoms with E-state index in [0.717, 1.165) is 0 Å². The van der Waals surface area contributed by atoms with Crippen LogP contribution in [-0.2, 0) is 0 Å². The van der Waals surface area contributed by atoms with Gasteiger partial charge in [-0.1, -0.05) is 0 Å². The van der Waals surface area contributed by atoms with Gasteiger partial charge in [-0.25, -0.2) is 0 Å². The molecule has 0 aliphatic rings. The molecule has 0 saturated heterocycles. The molecule has 0 amide bonds. The van der Waals surface area contributed by atoms with E-state index in [4.69, 9.17) is 0 Å². The van der Waals surface area contributed by atoms with Gasteiger partial charge in [0.05, 0.1) is 0 Å². The van der Waals surface area contributed by atoms with Crippen LogP contribution in [0.25, 0.3) is 0 Å². The summed E-state index contributed by atoms with van der Waals surface area (Å²) in [5.41, 5.74) is 0. The first-order valence-corrected chi connectivity index (χ1v) is 0. The van der Waals surface area contributed by atoms with E-state index in [0.29, 0.717) is 0 Å². The van der Waals surface area contributed by atoms with E-state index in [2.05, 4.69) is 0 Å². The van der Waals surface area contributed by atoms with Gasteiger partial charge in [-0.3, -0.25) is 4.70 Å². The zero-order chi connectivity index (χ0) is 0. The minimum atomic E-state index is 0. The molecule has 0 radical (unpaired) electrons.